The molecule has 9 nitrogen and oxygen atoms in total. The molecule has 0 spiro atoms. The summed E-state index contributed by atoms with van der Waals surface area (Å²) in [5, 5.41) is 0. The van der Waals surface area contributed by atoms with E-state index in [1.807, 2.05) is 0 Å². The zero-order valence-electron chi connectivity index (χ0n) is 18.1. The van der Waals surface area contributed by atoms with Crippen molar-refractivity contribution in [3.05, 3.63) is 65.7 Å². The number of piperidine rings is 1. The molecule has 2 aromatic carbocycles. The second-order valence-electron chi connectivity index (χ2n) is 7.42. The van der Waals surface area contributed by atoms with E-state index >= 15 is 0 Å². The van der Waals surface area contributed by atoms with Gasteiger partial charge < -0.3 is 25.8 Å². The number of carbonyl (C=O) groups excluding carboxylic acids is 3. The van der Waals surface area contributed by atoms with Gasteiger partial charge in [-0.05, 0) is 67.3 Å². The van der Waals surface area contributed by atoms with Gasteiger partial charge in [-0.1, -0.05) is 12.1 Å². The van der Waals surface area contributed by atoms with Gasteiger partial charge in [0.2, 0.25) is 0 Å². The summed E-state index contributed by atoms with van der Waals surface area (Å²) in [5.74, 6) is -1.02. The Balaban J connectivity index is 1.47. The molecule has 0 unspecified atom stereocenters. The molecule has 1 aliphatic rings. The van der Waals surface area contributed by atoms with Crippen molar-refractivity contribution >= 4 is 35.6 Å². The van der Waals surface area contributed by atoms with Crippen molar-refractivity contribution in [2.75, 3.05) is 19.7 Å². The van der Waals surface area contributed by atoms with E-state index in [1.54, 1.807) is 59.5 Å². The summed E-state index contributed by atoms with van der Waals surface area (Å²) in [6.07, 6.45) is 5.90. The highest BCUT2D eigenvalue weighted by Crippen LogP contribution is 2.17. The Kier molecular flexibility index (Phi) is 8.18. The molecule has 0 atom stereocenters. The third-order valence-corrected chi connectivity index (χ3v) is 4.91. The van der Waals surface area contributed by atoms with Gasteiger partial charge in [0.1, 0.15) is 5.75 Å². The van der Waals surface area contributed by atoms with Gasteiger partial charge in [0, 0.05) is 19.2 Å². The highest BCUT2D eigenvalue weighted by molar-refractivity contribution is 5.92. The quantitative estimate of drug-likeness (QED) is 0.217. The van der Waals surface area contributed by atoms with Gasteiger partial charge in [0.15, 0.2) is 12.6 Å². The number of benzene rings is 2. The Labute approximate surface area is 191 Å². The van der Waals surface area contributed by atoms with Crippen molar-refractivity contribution in [1.29, 1.82) is 0 Å². The lowest BCUT2D eigenvalue weighted by molar-refractivity contribution is -0.148. The Morgan fingerprint density at radius 1 is 0.939 bits per heavy atom. The molecule has 2 aromatic rings. The molecule has 1 fully saturated rings. The van der Waals surface area contributed by atoms with Crippen LogP contribution < -0.4 is 16.2 Å². The van der Waals surface area contributed by atoms with Crippen LogP contribution in [0.2, 0.25) is 0 Å². The summed E-state index contributed by atoms with van der Waals surface area (Å²) >= 11 is 0. The van der Waals surface area contributed by atoms with Crippen LogP contribution in [0.1, 0.15) is 35.2 Å². The van der Waals surface area contributed by atoms with Crippen LogP contribution in [-0.2, 0) is 14.3 Å². The normalized spacial score (nSPS) is 13.4. The Morgan fingerprint density at radius 2 is 1.61 bits per heavy atom. The average Bonchev–Trinajstić information content (AvgIpc) is 2.82. The second-order valence-corrected chi connectivity index (χ2v) is 7.42. The molecule has 1 saturated heterocycles. The number of hydrogen-bond donors (Lipinski definition) is 2. The maximum Gasteiger partial charge on any atom is 0.343 e. The number of carbonyl (C=O) groups is 3. The number of amides is 1. The minimum Gasteiger partial charge on any atom is -0.452 e. The van der Waals surface area contributed by atoms with E-state index in [1.165, 1.54) is 6.08 Å². The van der Waals surface area contributed by atoms with E-state index in [4.69, 9.17) is 20.9 Å². The highest BCUT2D eigenvalue weighted by Gasteiger charge is 2.17. The summed E-state index contributed by atoms with van der Waals surface area (Å²) < 4.78 is 10.4. The van der Waals surface area contributed by atoms with Gasteiger partial charge in [-0.15, -0.1) is 0 Å². The minimum absolute atomic E-state index is 0.0707. The summed E-state index contributed by atoms with van der Waals surface area (Å²) in [6.45, 7) is 1.17. The van der Waals surface area contributed by atoms with Crippen LogP contribution >= 0.6 is 0 Å². The van der Waals surface area contributed by atoms with Gasteiger partial charge in [-0.2, -0.15) is 0 Å². The molecule has 0 bridgehead atoms. The highest BCUT2D eigenvalue weighted by atomic mass is 16.5. The van der Waals surface area contributed by atoms with Crippen LogP contribution in [0.3, 0.4) is 0 Å². The zero-order chi connectivity index (χ0) is 23.6. The van der Waals surface area contributed by atoms with Crippen molar-refractivity contribution in [3.8, 4) is 5.75 Å². The first kappa shape index (κ1) is 23.5. The van der Waals surface area contributed by atoms with Crippen LogP contribution in [0.4, 0.5) is 5.69 Å². The molecule has 1 heterocycles. The Hall–Kier alpha value is -4.14. The number of nitrogens with two attached hydrogens (primary N) is 2. The smallest absolute Gasteiger partial charge is 0.343 e. The van der Waals surface area contributed by atoms with E-state index in [0.717, 1.165) is 19.3 Å². The molecule has 9 heteroatoms. The summed E-state index contributed by atoms with van der Waals surface area (Å²) in [5.41, 5.74) is 12.2. The lowest BCUT2D eigenvalue weighted by Crippen LogP contribution is -2.38. The predicted octanol–water partition coefficient (Wildman–Crippen LogP) is 2.38. The molecule has 1 aliphatic heterocycles. The van der Waals surface area contributed by atoms with Crippen molar-refractivity contribution in [1.82, 2.24) is 4.90 Å². The number of nitrogens with zero attached hydrogens (tertiary/aromatic N) is 2. The molecule has 0 saturated carbocycles. The summed E-state index contributed by atoms with van der Waals surface area (Å²) in [6, 6.07) is 12.9. The van der Waals surface area contributed by atoms with Crippen LogP contribution in [0.5, 0.6) is 5.75 Å². The number of likely N-dealkylation sites (tertiary alicyclic amines) is 1. The number of esters is 2. The van der Waals surface area contributed by atoms with Crippen LogP contribution in [-0.4, -0.2) is 48.4 Å². The van der Waals surface area contributed by atoms with E-state index in [0.29, 0.717) is 35.7 Å². The first-order valence-electron chi connectivity index (χ1n) is 10.6. The molecule has 0 aromatic heterocycles. The van der Waals surface area contributed by atoms with Crippen molar-refractivity contribution in [2.24, 2.45) is 16.5 Å². The van der Waals surface area contributed by atoms with Crippen LogP contribution in [0.15, 0.2) is 59.6 Å². The maximum atomic E-state index is 12.3. The zero-order valence-corrected chi connectivity index (χ0v) is 18.1. The molecular weight excluding hydrogens is 424 g/mol. The van der Waals surface area contributed by atoms with Crippen molar-refractivity contribution in [2.45, 2.75) is 19.3 Å². The van der Waals surface area contributed by atoms with Crippen molar-refractivity contribution < 1.29 is 23.9 Å². The topological polar surface area (TPSA) is 137 Å². The lowest BCUT2D eigenvalue weighted by atomic mass is 10.1. The Bertz CT molecular complexity index is 1040. The molecule has 33 heavy (non-hydrogen) atoms. The predicted molar refractivity (Wildman–Crippen MR) is 124 cm³/mol. The molecule has 3 rings (SSSR count). The minimum atomic E-state index is -0.597. The number of hydrogen-bond acceptors (Lipinski definition) is 6. The number of aliphatic imine (C=N–C) groups is 1. The van der Waals surface area contributed by atoms with Gasteiger partial charge >= 0.3 is 11.9 Å². The van der Waals surface area contributed by atoms with E-state index in [2.05, 4.69) is 4.99 Å². The van der Waals surface area contributed by atoms with E-state index in [9.17, 15) is 14.4 Å². The van der Waals surface area contributed by atoms with Gasteiger partial charge in [0.05, 0.1) is 11.3 Å². The standard InChI is InChI=1S/C24H26N4O5/c25-24(26)27-19-9-7-18(8-10-19)23(31)33-20-11-4-17(5-12-20)6-13-22(30)32-16-21(29)28-14-2-1-3-15-28/h4-13H,1-3,14-16H2,(H4,25,26,27)/b13-6+. The first-order chi connectivity index (χ1) is 15.9. The monoisotopic (exact) mass is 450 g/mol. The second kappa shape index (κ2) is 11.5. The SMILES string of the molecule is NC(N)=Nc1ccc(C(=O)Oc2ccc(/C=C/C(=O)OCC(=O)N3CCCCC3)cc2)cc1. The fraction of sp³-hybridized carbons (Fsp3) is 0.250. The van der Waals surface area contributed by atoms with Gasteiger partial charge in [-0.25, -0.2) is 14.6 Å². The van der Waals surface area contributed by atoms with Gasteiger partial charge in [0.25, 0.3) is 5.91 Å². The van der Waals surface area contributed by atoms with Crippen molar-refractivity contribution in [3.63, 3.8) is 0 Å². The van der Waals surface area contributed by atoms with E-state index < -0.39 is 11.9 Å². The third-order valence-electron chi connectivity index (χ3n) is 4.91. The number of guanidine groups is 1. The average molecular weight is 450 g/mol. The van der Waals surface area contributed by atoms with Gasteiger partial charge in [-0.3, -0.25) is 4.79 Å². The first-order valence-corrected chi connectivity index (χ1v) is 10.6. The molecular formula is C24H26N4O5. The number of rotatable bonds is 7. The summed E-state index contributed by atoms with van der Waals surface area (Å²) in [7, 11) is 0. The molecule has 0 radical (unpaired) electrons. The molecule has 4 N–H and O–H groups in total. The molecule has 172 valence electrons. The molecule has 1 amide bonds. The fourth-order valence-electron chi connectivity index (χ4n) is 3.21. The Morgan fingerprint density at radius 3 is 2.24 bits per heavy atom. The fourth-order valence-corrected chi connectivity index (χ4v) is 3.21. The largest absolute Gasteiger partial charge is 0.452 e. The van der Waals surface area contributed by atoms with Crippen LogP contribution in [0.25, 0.3) is 6.08 Å². The summed E-state index contributed by atoms with van der Waals surface area (Å²) in [4.78, 5) is 41.8. The third kappa shape index (κ3) is 7.49. The lowest BCUT2D eigenvalue weighted by Gasteiger charge is -2.26. The number of ether oxygens (including phenoxy) is 2. The maximum absolute atomic E-state index is 12.3. The van der Waals surface area contributed by atoms with E-state index in [-0.39, 0.29) is 18.5 Å². The van der Waals surface area contributed by atoms with Crippen LogP contribution in [0, 0.1) is 0 Å². The molecule has 0 aliphatic carbocycles.